The molecule has 5 nitrogen and oxygen atoms in total. The molecule has 4 aromatic heterocycles. The molecule has 0 bridgehead atoms. The number of carbonyl (C=O) groups excluding carboxylic acids is 1. The van der Waals surface area contributed by atoms with Crippen molar-refractivity contribution in [3.8, 4) is 10.6 Å². The second kappa shape index (κ2) is 5.94. The zero-order valence-corrected chi connectivity index (χ0v) is 13.6. The maximum absolute atomic E-state index is 12.2. The molecule has 114 valence electrons. The van der Waals surface area contributed by atoms with Crippen LogP contribution >= 0.6 is 22.7 Å². The number of nitrogens with one attached hydrogen (secondary N) is 1. The average Bonchev–Trinajstić information content (AvgIpc) is 3.26. The first-order chi connectivity index (χ1) is 11.3. The summed E-state index contributed by atoms with van der Waals surface area (Å²) in [4.78, 5) is 22.1. The molecular weight excluding hydrogens is 328 g/mol. The third-order valence-electron chi connectivity index (χ3n) is 3.28. The Morgan fingerprint density at radius 1 is 1.17 bits per heavy atom. The SMILES string of the molecule is O=C(Cc1cn2ccccc2n1)Nc1nc(-c2cccs2)cs1. The van der Waals surface area contributed by atoms with Crippen molar-refractivity contribution in [1.82, 2.24) is 14.4 Å². The number of imidazole rings is 1. The standard InChI is InChI=1S/C16H12N4OS2/c21-15(8-11-9-20-6-2-1-5-14(20)17-11)19-16-18-12(10-23-16)13-4-3-7-22-13/h1-7,9-10H,8H2,(H,18,19,21). The third kappa shape index (κ3) is 3.01. The zero-order chi connectivity index (χ0) is 15.6. The molecule has 0 radical (unpaired) electrons. The molecule has 1 amide bonds. The van der Waals surface area contributed by atoms with Crippen molar-refractivity contribution in [3.05, 3.63) is 59.2 Å². The zero-order valence-electron chi connectivity index (χ0n) is 12.0. The van der Waals surface area contributed by atoms with E-state index >= 15 is 0 Å². The lowest BCUT2D eigenvalue weighted by Gasteiger charge is -1.98. The van der Waals surface area contributed by atoms with Gasteiger partial charge < -0.3 is 9.72 Å². The molecular formula is C16H12N4OS2. The van der Waals surface area contributed by atoms with Crippen LogP contribution in [0.3, 0.4) is 0 Å². The molecule has 0 atom stereocenters. The predicted molar refractivity (Wildman–Crippen MR) is 93.0 cm³/mol. The van der Waals surface area contributed by atoms with E-state index in [1.54, 1.807) is 11.3 Å². The molecule has 0 saturated carbocycles. The fourth-order valence-corrected chi connectivity index (χ4v) is 3.76. The predicted octanol–water partition coefficient (Wildman–Crippen LogP) is 3.70. The first-order valence-corrected chi connectivity index (χ1v) is 8.76. The Morgan fingerprint density at radius 2 is 2.13 bits per heavy atom. The number of pyridine rings is 1. The van der Waals surface area contributed by atoms with E-state index < -0.39 is 0 Å². The summed E-state index contributed by atoms with van der Waals surface area (Å²) in [6.07, 6.45) is 4.02. The van der Waals surface area contributed by atoms with Crippen molar-refractivity contribution < 1.29 is 4.79 Å². The Bertz CT molecular complexity index is 922. The second-order valence-electron chi connectivity index (χ2n) is 4.94. The van der Waals surface area contributed by atoms with Crippen molar-refractivity contribution in [3.63, 3.8) is 0 Å². The van der Waals surface area contributed by atoms with Gasteiger partial charge in [-0.1, -0.05) is 12.1 Å². The maximum atomic E-state index is 12.2. The van der Waals surface area contributed by atoms with Gasteiger partial charge in [-0.15, -0.1) is 22.7 Å². The van der Waals surface area contributed by atoms with Crippen LogP contribution < -0.4 is 5.32 Å². The van der Waals surface area contributed by atoms with Gasteiger partial charge in [0.1, 0.15) is 5.65 Å². The highest BCUT2D eigenvalue weighted by Gasteiger charge is 2.11. The number of aromatic nitrogens is 3. The smallest absolute Gasteiger partial charge is 0.232 e. The van der Waals surface area contributed by atoms with E-state index in [9.17, 15) is 4.79 Å². The fourth-order valence-electron chi connectivity index (χ4n) is 2.27. The molecule has 0 aliphatic heterocycles. The third-order valence-corrected chi connectivity index (χ3v) is 4.93. The maximum Gasteiger partial charge on any atom is 0.232 e. The Labute approximate surface area is 140 Å². The molecule has 0 spiro atoms. The topological polar surface area (TPSA) is 59.3 Å². The molecule has 1 N–H and O–H groups in total. The van der Waals surface area contributed by atoms with Crippen LogP contribution in [0.4, 0.5) is 5.13 Å². The number of carbonyl (C=O) groups is 1. The van der Waals surface area contributed by atoms with E-state index in [0.717, 1.165) is 21.9 Å². The van der Waals surface area contributed by atoms with Gasteiger partial charge in [0.2, 0.25) is 5.91 Å². The molecule has 4 heterocycles. The Hall–Kier alpha value is -2.51. The van der Waals surface area contributed by atoms with Gasteiger partial charge in [0.05, 0.1) is 22.7 Å². The van der Waals surface area contributed by atoms with Gasteiger partial charge in [0.15, 0.2) is 5.13 Å². The number of nitrogens with zero attached hydrogens (tertiary/aromatic N) is 3. The Morgan fingerprint density at radius 3 is 2.96 bits per heavy atom. The van der Waals surface area contributed by atoms with E-state index in [1.807, 2.05) is 57.9 Å². The summed E-state index contributed by atoms with van der Waals surface area (Å²) in [6, 6.07) is 9.77. The van der Waals surface area contributed by atoms with Crippen molar-refractivity contribution in [1.29, 1.82) is 0 Å². The minimum absolute atomic E-state index is 0.111. The average molecular weight is 340 g/mol. The van der Waals surface area contributed by atoms with E-state index in [0.29, 0.717) is 5.13 Å². The van der Waals surface area contributed by atoms with E-state index in [-0.39, 0.29) is 12.3 Å². The van der Waals surface area contributed by atoms with Gasteiger partial charge in [0.25, 0.3) is 0 Å². The lowest BCUT2D eigenvalue weighted by molar-refractivity contribution is -0.115. The number of hydrogen-bond acceptors (Lipinski definition) is 5. The van der Waals surface area contributed by atoms with Crippen molar-refractivity contribution in [2.45, 2.75) is 6.42 Å². The highest BCUT2D eigenvalue weighted by atomic mass is 32.1. The monoisotopic (exact) mass is 340 g/mol. The molecule has 4 rings (SSSR count). The van der Waals surface area contributed by atoms with Crippen LogP contribution in [-0.2, 0) is 11.2 Å². The van der Waals surface area contributed by atoms with Crippen molar-refractivity contribution in [2.24, 2.45) is 0 Å². The van der Waals surface area contributed by atoms with Gasteiger partial charge in [-0.25, -0.2) is 9.97 Å². The van der Waals surface area contributed by atoms with Crippen LogP contribution in [0.5, 0.6) is 0 Å². The molecule has 0 aliphatic rings. The molecule has 0 fully saturated rings. The number of anilines is 1. The number of thiazole rings is 1. The second-order valence-corrected chi connectivity index (χ2v) is 6.74. The summed E-state index contributed by atoms with van der Waals surface area (Å²) in [5.41, 5.74) is 2.47. The highest BCUT2D eigenvalue weighted by molar-refractivity contribution is 7.16. The first kappa shape index (κ1) is 14.1. The largest absolute Gasteiger partial charge is 0.307 e. The summed E-state index contributed by atoms with van der Waals surface area (Å²) in [7, 11) is 0. The van der Waals surface area contributed by atoms with E-state index in [4.69, 9.17) is 0 Å². The number of rotatable bonds is 4. The van der Waals surface area contributed by atoms with Gasteiger partial charge in [-0.3, -0.25) is 4.79 Å². The van der Waals surface area contributed by atoms with E-state index in [1.165, 1.54) is 11.3 Å². The normalized spacial score (nSPS) is 11.0. The van der Waals surface area contributed by atoms with Crippen LogP contribution in [0, 0.1) is 0 Å². The molecule has 23 heavy (non-hydrogen) atoms. The lowest BCUT2D eigenvalue weighted by atomic mass is 10.3. The summed E-state index contributed by atoms with van der Waals surface area (Å²) in [6.45, 7) is 0. The van der Waals surface area contributed by atoms with E-state index in [2.05, 4.69) is 15.3 Å². The first-order valence-electron chi connectivity index (χ1n) is 7.00. The van der Waals surface area contributed by atoms with Gasteiger partial charge in [-0.2, -0.15) is 0 Å². The van der Waals surface area contributed by atoms with Gasteiger partial charge in [0, 0.05) is 17.8 Å². The summed E-state index contributed by atoms with van der Waals surface area (Å²) >= 11 is 3.06. The lowest BCUT2D eigenvalue weighted by Crippen LogP contribution is -2.14. The minimum Gasteiger partial charge on any atom is -0.307 e. The summed E-state index contributed by atoms with van der Waals surface area (Å²) < 4.78 is 1.90. The molecule has 0 aromatic carbocycles. The fraction of sp³-hybridized carbons (Fsp3) is 0.0625. The number of thiophene rings is 1. The minimum atomic E-state index is -0.111. The number of amides is 1. The van der Waals surface area contributed by atoms with Crippen molar-refractivity contribution >= 4 is 39.4 Å². The van der Waals surface area contributed by atoms with Gasteiger partial charge >= 0.3 is 0 Å². The highest BCUT2D eigenvalue weighted by Crippen LogP contribution is 2.28. The summed E-state index contributed by atoms with van der Waals surface area (Å²) in [5, 5.41) is 7.42. The van der Waals surface area contributed by atoms with Gasteiger partial charge in [-0.05, 0) is 23.6 Å². The van der Waals surface area contributed by atoms with Crippen LogP contribution in [-0.4, -0.2) is 20.3 Å². The molecule has 0 unspecified atom stereocenters. The molecule has 7 heteroatoms. The van der Waals surface area contributed by atoms with Crippen LogP contribution in [0.25, 0.3) is 16.2 Å². The summed E-state index contributed by atoms with van der Waals surface area (Å²) in [5.74, 6) is -0.111. The number of fused-ring (bicyclic) bond motifs is 1. The Balaban J connectivity index is 1.45. The quantitative estimate of drug-likeness (QED) is 0.616. The number of hydrogen-bond donors (Lipinski definition) is 1. The van der Waals surface area contributed by atoms with Crippen molar-refractivity contribution in [2.75, 3.05) is 5.32 Å². The van der Waals surface area contributed by atoms with Crippen LogP contribution in [0.1, 0.15) is 5.69 Å². The van der Waals surface area contributed by atoms with Crippen LogP contribution in [0.2, 0.25) is 0 Å². The Kier molecular flexibility index (Phi) is 3.64. The molecule has 4 aromatic rings. The van der Waals surface area contributed by atoms with Crippen LogP contribution in [0.15, 0.2) is 53.5 Å². The molecule has 0 saturated heterocycles. The molecule has 0 aliphatic carbocycles.